The number of rotatable bonds is 3. The molecule has 1 aromatic heterocycles. The SMILES string of the molecule is O=Cc1cn(-c2ccccc2)nc1C1CCCCC1. The molecule has 1 aliphatic carbocycles. The normalized spacial score (nSPS) is 16.4. The molecule has 1 fully saturated rings. The van der Waals surface area contributed by atoms with Crippen LogP contribution in [0.2, 0.25) is 0 Å². The van der Waals surface area contributed by atoms with Gasteiger partial charge in [-0.1, -0.05) is 37.5 Å². The molecule has 19 heavy (non-hydrogen) atoms. The van der Waals surface area contributed by atoms with Gasteiger partial charge in [-0.15, -0.1) is 0 Å². The van der Waals surface area contributed by atoms with Crippen molar-refractivity contribution in [3.8, 4) is 5.69 Å². The van der Waals surface area contributed by atoms with Crippen molar-refractivity contribution < 1.29 is 4.79 Å². The van der Waals surface area contributed by atoms with Gasteiger partial charge in [0, 0.05) is 12.1 Å². The van der Waals surface area contributed by atoms with Gasteiger partial charge in [0.25, 0.3) is 0 Å². The zero-order valence-corrected chi connectivity index (χ0v) is 11.0. The van der Waals surface area contributed by atoms with Gasteiger partial charge in [-0.05, 0) is 25.0 Å². The summed E-state index contributed by atoms with van der Waals surface area (Å²) < 4.78 is 1.83. The number of benzene rings is 1. The fraction of sp³-hybridized carbons (Fsp3) is 0.375. The van der Waals surface area contributed by atoms with E-state index in [-0.39, 0.29) is 0 Å². The first kappa shape index (κ1) is 12.2. The molecular formula is C16H18N2O. The Kier molecular flexibility index (Phi) is 3.45. The summed E-state index contributed by atoms with van der Waals surface area (Å²) in [4.78, 5) is 11.3. The summed E-state index contributed by atoms with van der Waals surface area (Å²) in [5.74, 6) is 0.457. The van der Waals surface area contributed by atoms with Crippen LogP contribution in [-0.4, -0.2) is 16.1 Å². The molecular weight excluding hydrogens is 236 g/mol. The van der Waals surface area contributed by atoms with Crippen LogP contribution in [0, 0.1) is 0 Å². The second-order valence-corrected chi connectivity index (χ2v) is 5.20. The largest absolute Gasteiger partial charge is 0.298 e. The molecule has 0 N–H and O–H groups in total. The highest BCUT2D eigenvalue weighted by Gasteiger charge is 2.21. The first-order valence-corrected chi connectivity index (χ1v) is 6.98. The third-order valence-corrected chi connectivity index (χ3v) is 3.91. The first-order chi connectivity index (χ1) is 9.38. The highest BCUT2D eigenvalue weighted by molar-refractivity contribution is 5.76. The van der Waals surface area contributed by atoms with E-state index in [9.17, 15) is 4.79 Å². The van der Waals surface area contributed by atoms with Crippen LogP contribution in [0.3, 0.4) is 0 Å². The summed E-state index contributed by atoms with van der Waals surface area (Å²) in [6, 6.07) is 9.96. The number of hydrogen-bond donors (Lipinski definition) is 0. The predicted molar refractivity (Wildman–Crippen MR) is 74.8 cm³/mol. The number of nitrogens with zero attached hydrogens (tertiary/aromatic N) is 2. The van der Waals surface area contributed by atoms with Crippen LogP contribution < -0.4 is 0 Å². The zero-order valence-electron chi connectivity index (χ0n) is 11.0. The number of para-hydroxylation sites is 1. The van der Waals surface area contributed by atoms with E-state index in [4.69, 9.17) is 0 Å². The molecule has 0 spiro atoms. The Labute approximate surface area is 113 Å². The van der Waals surface area contributed by atoms with Gasteiger partial charge in [0.1, 0.15) is 0 Å². The molecule has 0 saturated heterocycles. The summed E-state index contributed by atoms with van der Waals surface area (Å²) in [6.07, 6.45) is 8.93. The summed E-state index contributed by atoms with van der Waals surface area (Å²) in [7, 11) is 0. The fourth-order valence-electron chi connectivity index (χ4n) is 2.90. The third kappa shape index (κ3) is 2.46. The van der Waals surface area contributed by atoms with E-state index >= 15 is 0 Å². The summed E-state index contributed by atoms with van der Waals surface area (Å²) in [5.41, 5.74) is 2.74. The molecule has 3 heteroatoms. The number of carbonyl (C=O) groups is 1. The molecule has 98 valence electrons. The molecule has 3 nitrogen and oxygen atoms in total. The Hall–Kier alpha value is -1.90. The average Bonchev–Trinajstić information content (AvgIpc) is 2.93. The van der Waals surface area contributed by atoms with Crippen LogP contribution in [0.5, 0.6) is 0 Å². The topological polar surface area (TPSA) is 34.9 Å². The molecule has 0 amide bonds. The molecule has 0 radical (unpaired) electrons. The van der Waals surface area contributed by atoms with E-state index in [1.165, 1.54) is 19.3 Å². The van der Waals surface area contributed by atoms with Crippen molar-refractivity contribution in [2.45, 2.75) is 38.0 Å². The minimum absolute atomic E-state index is 0.457. The summed E-state index contributed by atoms with van der Waals surface area (Å²) >= 11 is 0. The van der Waals surface area contributed by atoms with Crippen LogP contribution in [0.15, 0.2) is 36.5 Å². The van der Waals surface area contributed by atoms with Crippen molar-refractivity contribution in [3.63, 3.8) is 0 Å². The minimum atomic E-state index is 0.457. The monoisotopic (exact) mass is 254 g/mol. The Morgan fingerprint density at radius 2 is 1.84 bits per heavy atom. The number of hydrogen-bond acceptors (Lipinski definition) is 2. The molecule has 3 rings (SSSR count). The van der Waals surface area contributed by atoms with Crippen LogP contribution >= 0.6 is 0 Å². The Morgan fingerprint density at radius 3 is 2.53 bits per heavy atom. The van der Waals surface area contributed by atoms with Gasteiger partial charge < -0.3 is 0 Å². The standard InChI is InChI=1S/C16H18N2O/c19-12-14-11-18(15-9-5-2-6-10-15)17-16(14)13-7-3-1-4-8-13/h2,5-6,9-13H,1,3-4,7-8H2. The highest BCUT2D eigenvalue weighted by atomic mass is 16.1. The third-order valence-electron chi connectivity index (χ3n) is 3.91. The maximum atomic E-state index is 11.3. The predicted octanol–water partition coefficient (Wildman–Crippen LogP) is 3.73. The van der Waals surface area contributed by atoms with E-state index in [0.717, 1.165) is 36.1 Å². The molecule has 1 heterocycles. The summed E-state index contributed by atoms with van der Waals surface area (Å²) in [5, 5.41) is 4.66. The van der Waals surface area contributed by atoms with Gasteiger partial charge in [0.2, 0.25) is 0 Å². The molecule has 1 aliphatic rings. The lowest BCUT2D eigenvalue weighted by Crippen LogP contribution is -2.07. The minimum Gasteiger partial charge on any atom is -0.298 e. The van der Waals surface area contributed by atoms with Gasteiger partial charge in [0.05, 0.1) is 16.9 Å². The van der Waals surface area contributed by atoms with E-state index < -0.39 is 0 Å². The van der Waals surface area contributed by atoms with Crippen molar-refractivity contribution >= 4 is 6.29 Å². The van der Waals surface area contributed by atoms with Gasteiger partial charge in [-0.2, -0.15) is 5.10 Å². The van der Waals surface area contributed by atoms with Gasteiger partial charge in [0.15, 0.2) is 6.29 Å². The van der Waals surface area contributed by atoms with Crippen LogP contribution in [0.4, 0.5) is 0 Å². The van der Waals surface area contributed by atoms with Crippen molar-refractivity contribution in [2.75, 3.05) is 0 Å². The van der Waals surface area contributed by atoms with Crippen LogP contribution in [0.1, 0.15) is 54.1 Å². The van der Waals surface area contributed by atoms with Gasteiger partial charge in [-0.25, -0.2) is 4.68 Å². The van der Waals surface area contributed by atoms with Gasteiger partial charge in [-0.3, -0.25) is 4.79 Å². The highest BCUT2D eigenvalue weighted by Crippen LogP contribution is 2.33. The lowest BCUT2D eigenvalue weighted by molar-refractivity contribution is 0.112. The van der Waals surface area contributed by atoms with Crippen LogP contribution in [0.25, 0.3) is 5.69 Å². The molecule has 1 saturated carbocycles. The summed E-state index contributed by atoms with van der Waals surface area (Å²) in [6.45, 7) is 0. The van der Waals surface area contributed by atoms with Crippen molar-refractivity contribution in [2.24, 2.45) is 0 Å². The molecule has 2 aromatic rings. The molecule has 0 bridgehead atoms. The lowest BCUT2D eigenvalue weighted by Gasteiger charge is -2.20. The Balaban J connectivity index is 1.96. The smallest absolute Gasteiger partial charge is 0.153 e. The lowest BCUT2D eigenvalue weighted by atomic mass is 9.86. The Morgan fingerprint density at radius 1 is 1.11 bits per heavy atom. The number of carbonyl (C=O) groups excluding carboxylic acids is 1. The number of aromatic nitrogens is 2. The van der Waals surface area contributed by atoms with E-state index in [2.05, 4.69) is 5.10 Å². The van der Waals surface area contributed by atoms with Crippen molar-refractivity contribution in [1.29, 1.82) is 0 Å². The Bertz CT molecular complexity index is 553. The first-order valence-electron chi connectivity index (χ1n) is 6.98. The maximum absolute atomic E-state index is 11.3. The molecule has 0 atom stereocenters. The van der Waals surface area contributed by atoms with E-state index in [1.807, 2.05) is 41.2 Å². The van der Waals surface area contributed by atoms with Crippen LogP contribution in [-0.2, 0) is 0 Å². The van der Waals surface area contributed by atoms with E-state index in [0.29, 0.717) is 5.92 Å². The maximum Gasteiger partial charge on any atom is 0.153 e. The molecule has 1 aromatic carbocycles. The zero-order chi connectivity index (χ0) is 13.1. The van der Waals surface area contributed by atoms with Gasteiger partial charge >= 0.3 is 0 Å². The van der Waals surface area contributed by atoms with Crippen molar-refractivity contribution in [3.05, 3.63) is 47.8 Å². The van der Waals surface area contributed by atoms with E-state index in [1.54, 1.807) is 0 Å². The molecule has 0 aliphatic heterocycles. The van der Waals surface area contributed by atoms with Crippen molar-refractivity contribution in [1.82, 2.24) is 9.78 Å². The fourth-order valence-corrected chi connectivity index (χ4v) is 2.90. The average molecular weight is 254 g/mol. The second-order valence-electron chi connectivity index (χ2n) is 5.20. The second kappa shape index (κ2) is 5.39. The number of aldehydes is 1. The quantitative estimate of drug-likeness (QED) is 0.782. The molecule has 0 unspecified atom stereocenters.